The zero-order valence-electron chi connectivity index (χ0n) is 16.5. The predicted molar refractivity (Wildman–Crippen MR) is 124 cm³/mol. The van der Waals surface area contributed by atoms with Crippen LogP contribution in [0, 0.1) is 17.0 Å². The molecule has 10 heteroatoms. The molecule has 2 heterocycles. The molecule has 162 valence electrons. The summed E-state index contributed by atoms with van der Waals surface area (Å²) >= 11 is 12.9. The Bertz CT molecular complexity index is 1300. The molecule has 2 aromatic carbocycles. The maximum atomic E-state index is 12.8. The number of halogens is 2. The van der Waals surface area contributed by atoms with E-state index in [1.165, 1.54) is 12.1 Å². The van der Waals surface area contributed by atoms with E-state index in [2.05, 4.69) is 0 Å². The molecule has 7 nitrogen and oxygen atoms in total. The number of benzene rings is 2. The van der Waals surface area contributed by atoms with Crippen LogP contribution in [-0.2, 0) is 11.3 Å². The molecule has 0 unspecified atom stereocenters. The second kappa shape index (κ2) is 8.82. The van der Waals surface area contributed by atoms with Crippen molar-refractivity contribution in [3.8, 4) is 11.3 Å². The van der Waals surface area contributed by atoms with Crippen molar-refractivity contribution in [2.24, 2.45) is 0 Å². The Kier molecular flexibility index (Phi) is 6.10. The summed E-state index contributed by atoms with van der Waals surface area (Å²) in [6, 6.07) is 12.9. The molecular weight excluding hydrogens is 475 g/mol. The maximum absolute atomic E-state index is 12.8. The van der Waals surface area contributed by atoms with Gasteiger partial charge in [-0.3, -0.25) is 24.6 Å². The second-order valence-corrected chi connectivity index (χ2v) is 8.80. The average molecular weight is 489 g/mol. The van der Waals surface area contributed by atoms with E-state index in [1.54, 1.807) is 49.4 Å². The van der Waals surface area contributed by atoms with Gasteiger partial charge in [-0.1, -0.05) is 41.4 Å². The summed E-state index contributed by atoms with van der Waals surface area (Å²) in [6.07, 6.45) is 1.47. The van der Waals surface area contributed by atoms with Gasteiger partial charge in [-0.25, -0.2) is 0 Å². The Morgan fingerprint density at radius 1 is 1.12 bits per heavy atom. The Balaban J connectivity index is 1.56. The van der Waals surface area contributed by atoms with E-state index < -0.39 is 16.1 Å². The summed E-state index contributed by atoms with van der Waals surface area (Å²) in [7, 11) is 0. The number of nitro benzene ring substituents is 1. The summed E-state index contributed by atoms with van der Waals surface area (Å²) in [5.74, 6) is 0.291. The lowest BCUT2D eigenvalue weighted by Gasteiger charge is -2.13. The molecule has 1 aliphatic rings. The van der Waals surface area contributed by atoms with Crippen molar-refractivity contribution in [2.75, 3.05) is 0 Å². The predicted octanol–water partition coefficient (Wildman–Crippen LogP) is 6.71. The fraction of sp³-hybridized carbons (Fsp3) is 0.0909. The van der Waals surface area contributed by atoms with Crippen LogP contribution in [0.3, 0.4) is 0 Å². The summed E-state index contributed by atoms with van der Waals surface area (Å²) in [4.78, 5) is 37.2. The van der Waals surface area contributed by atoms with Gasteiger partial charge in [-0.05, 0) is 48.5 Å². The van der Waals surface area contributed by atoms with Gasteiger partial charge in [0.25, 0.3) is 16.8 Å². The van der Waals surface area contributed by atoms with Gasteiger partial charge in [0.1, 0.15) is 11.5 Å². The number of aryl methyl sites for hydroxylation is 1. The van der Waals surface area contributed by atoms with Crippen molar-refractivity contribution in [3.63, 3.8) is 0 Å². The number of hydrogen-bond acceptors (Lipinski definition) is 6. The zero-order chi connectivity index (χ0) is 23.0. The molecular formula is C22H14Cl2N2O5S. The highest BCUT2D eigenvalue weighted by atomic mass is 35.5. The van der Waals surface area contributed by atoms with Gasteiger partial charge in [-0.2, -0.15) is 0 Å². The molecule has 1 fully saturated rings. The monoisotopic (exact) mass is 488 g/mol. The maximum Gasteiger partial charge on any atom is 0.293 e. The molecule has 2 amide bonds. The molecule has 0 N–H and O–H groups in total. The van der Waals surface area contributed by atoms with Gasteiger partial charge in [0.15, 0.2) is 0 Å². The van der Waals surface area contributed by atoms with E-state index in [9.17, 15) is 19.7 Å². The Labute approximate surface area is 196 Å². The van der Waals surface area contributed by atoms with Crippen LogP contribution in [-0.4, -0.2) is 21.0 Å². The molecule has 0 radical (unpaired) electrons. The number of furan rings is 1. The minimum atomic E-state index is -0.463. The average Bonchev–Trinajstić information content (AvgIpc) is 3.30. The SMILES string of the molecule is Cc1ccc(-c2ccc(/C=C3/SC(=O)N(Cc4ccc(Cl)cc4Cl)C3=O)o2)cc1[N+](=O)[O-]. The number of imide groups is 1. The van der Waals surface area contributed by atoms with Crippen LogP contribution >= 0.6 is 35.0 Å². The Morgan fingerprint density at radius 3 is 2.62 bits per heavy atom. The fourth-order valence-electron chi connectivity index (χ4n) is 3.13. The lowest BCUT2D eigenvalue weighted by molar-refractivity contribution is -0.385. The number of hydrogen-bond donors (Lipinski definition) is 0. The number of thioether (sulfide) groups is 1. The molecule has 0 aliphatic carbocycles. The minimum absolute atomic E-state index is 0.0116. The van der Waals surface area contributed by atoms with Crippen LogP contribution in [0.4, 0.5) is 10.5 Å². The summed E-state index contributed by atoms with van der Waals surface area (Å²) in [5.41, 5.74) is 1.66. The lowest BCUT2D eigenvalue weighted by Crippen LogP contribution is -2.27. The third kappa shape index (κ3) is 4.43. The van der Waals surface area contributed by atoms with Crippen LogP contribution in [0.1, 0.15) is 16.9 Å². The van der Waals surface area contributed by atoms with E-state index in [0.29, 0.717) is 38.3 Å². The summed E-state index contributed by atoms with van der Waals surface area (Å²) in [6.45, 7) is 1.68. The lowest BCUT2D eigenvalue weighted by atomic mass is 10.1. The Hall–Kier alpha value is -3.07. The second-order valence-electron chi connectivity index (χ2n) is 6.96. The number of amides is 2. The quantitative estimate of drug-likeness (QED) is 0.225. The van der Waals surface area contributed by atoms with Crippen molar-refractivity contribution in [2.45, 2.75) is 13.5 Å². The molecule has 4 rings (SSSR count). The van der Waals surface area contributed by atoms with Crippen molar-refractivity contribution < 1.29 is 18.9 Å². The van der Waals surface area contributed by atoms with Crippen molar-refractivity contribution in [3.05, 3.63) is 90.5 Å². The number of rotatable bonds is 5. The zero-order valence-corrected chi connectivity index (χ0v) is 18.8. The smallest absolute Gasteiger partial charge is 0.293 e. The van der Waals surface area contributed by atoms with Crippen LogP contribution < -0.4 is 0 Å². The molecule has 32 heavy (non-hydrogen) atoms. The molecule has 1 aliphatic heterocycles. The molecule has 1 saturated heterocycles. The first-order valence-electron chi connectivity index (χ1n) is 9.27. The van der Waals surface area contributed by atoms with Gasteiger partial charge in [-0.15, -0.1) is 0 Å². The van der Waals surface area contributed by atoms with E-state index in [1.807, 2.05) is 0 Å². The summed E-state index contributed by atoms with van der Waals surface area (Å²) < 4.78 is 5.75. The first-order chi connectivity index (χ1) is 15.2. The standard InChI is InChI=1S/C22H14Cl2N2O5S/c1-12-2-3-13(8-18(12)26(29)30)19-7-6-16(31-19)10-20-21(27)25(22(28)32-20)11-14-4-5-15(23)9-17(14)24/h2-10H,11H2,1H3/b20-10+. The van der Waals surface area contributed by atoms with Gasteiger partial charge >= 0.3 is 0 Å². The van der Waals surface area contributed by atoms with E-state index in [0.717, 1.165) is 16.7 Å². The highest BCUT2D eigenvalue weighted by Crippen LogP contribution is 2.36. The molecule has 0 bridgehead atoms. The third-order valence-electron chi connectivity index (χ3n) is 4.81. The van der Waals surface area contributed by atoms with E-state index in [4.69, 9.17) is 27.6 Å². The van der Waals surface area contributed by atoms with Gasteiger partial charge in [0, 0.05) is 33.3 Å². The highest BCUT2D eigenvalue weighted by molar-refractivity contribution is 8.18. The first kappa shape index (κ1) is 22.1. The van der Waals surface area contributed by atoms with Crippen molar-refractivity contribution in [1.29, 1.82) is 0 Å². The van der Waals surface area contributed by atoms with Crippen molar-refractivity contribution in [1.82, 2.24) is 4.90 Å². The van der Waals surface area contributed by atoms with E-state index in [-0.39, 0.29) is 17.1 Å². The number of nitro groups is 1. The van der Waals surface area contributed by atoms with Crippen LogP contribution in [0.25, 0.3) is 17.4 Å². The van der Waals surface area contributed by atoms with Crippen molar-refractivity contribution >= 4 is 57.9 Å². The van der Waals surface area contributed by atoms with Gasteiger partial charge in [0.2, 0.25) is 0 Å². The molecule has 3 aromatic rings. The molecule has 1 aromatic heterocycles. The van der Waals surface area contributed by atoms with Gasteiger partial charge in [0.05, 0.1) is 16.4 Å². The molecule has 0 spiro atoms. The molecule has 0 atom stereocenters. The number of nitrogens with zero attached hydrogens (tertiary/aromatic N) is 2. The fourth-order valence-corrected chi connectivity index (χ4v) is 4.42. The summed E-state index contributed by atoms with van der Waals surface area (Å²) in [5, 5.41) is 11.6. The largest absolute Gasteiger partial charge is 0.457 e. The van der Waals surface area contributed by atoms with Crippen LogP contribution in [0.2, 0.25) is 10.0 Å². The van der Waals surface area contributed by atoms with Crippen LogP contribution in [0.15, 0.2) is 57.9 Å². The Morgan fingerprint density at radius 2 is 1.91 bits per heavy atom. The topological polar surface area (TPSA) is 93.7 Å². The number of carbonyl (C=O) groups is 2. The highest BCUT2D eigenvalue weighted by Gasteiger charge is 2.35. The molecule has 0 saturated carbocycles. The minimum Gasteiger partial charge on any atom is -0.457 e. The van der Waals surface area contributed by atoms with Gasteiger partial charge < -0.3 is 4.42 Å². The van der Waals surface area contributed by atoms with Crippen LogP contribution in [0.5, 0.6) is 0 Å². The van der Waals surface area contributed by atoms with E-state index >= 15 is 0 Å². The number of carbonyl (C=O) groups excluding carboxylic acids is 2. The normalized spacial score (nSPS) is 15.1. The third-order valence-corrected chi connectivity index (χ3v) is 6.30. The first-order valence-corrected chi connectivity index (χ1v) is 10.8.